The number of sulfonamides is 1. The zero-order valence-electron chi connectivity index (χ0n) is 11.1. The molecule has 0 fully saturated rings. The second-order valence-electron chi connectivity index (χ2n) is 4.75. The Morgan fingerprint density at radius 2 is 1.90 bits per heavy atom. The van der Waals surface area contributed by atoms with Crippen molar-refractivity contribution in [1.29, 1.82) is 0 Å². The summed E-state index contributed by atoms with van der Waals surface area (Å²) in [6.07, 6.45) is 0.677. The highest BCUT2D eigenvalue weighted by atomic mass is 32.2. The van der Waals surface area contributed by atoms with E-state index in [1.54, 1.807) is 0 Å². The van der Waals surface area contributed by atoms with Gasteiger partial charge in [-0.3, -0.25) is 4.79 Å². The van der Waals surface area contributed by atoms with Crippen LogP contribution in [-0.4, -0.2) is 20.9 Å². The maximum absolute atomic E-state index is 13.5. The van der Waals surface area contributed by atoms with Gasteiger partial charge >= 0.3 is 0 Å². The van der Waals surface area contributed by atoms with Crippen LogP contribution in [0.3, 0.4) is 0 Å². The van der Waals surface area contributed by atoms with Gasteiger partial charge in [-0.1, -0.05) is 13.8 Å². The van der Waals surface area contributed by atoms with E-state index in [4.69, 9.17) is 5.14 Å². The van der Waals surface area contributed by atoms with E-state index in [2.05, 4.69) is 5.32 Å². The third-order valence-corrected chi connectivity index (χ3v) is 3.51. The molecule has 0 aliphatic heterocycles. The molecule has 0 unspecified atom stereocenters. The van der Waals surface area contributed by atoms with Crippen LogP contribution in [0, 0.1) is 17.6 Å². The minimum absolute atomic E-state index is 0.304. The van der Waals surface area contributed by atoms with Crippen LogP contribution in [0.1, 0.15) is 30.6 Å². The van der Waals surface area contributed by atoms with E-state index in [0.29, 0.717) is 31.0 Å². The smallest absolute Gasteiger partial charge is 0.254 e. The van der Waals surface area contributed by atoms with Crippen molar-refractivity contribution >= 4 is 15.9 Å². The number of hydrogen-bond acceptors (Lipinski definition) is 3. The first kappa shape index (κ1) is 16.5. The highest BCUT2D eigenvalue weighted by Crippen LogP contribution is 2.18. The second kappa shape index (κ2) is 6.27. The van der Waals surface area contributed by atoms with Gasteiger partial charge in [0, 0.05) is 12.6 Å². The predicted molar refractivity (Wildman–Crippen MR) is 69.5 cm³/mol. The summed E-state index contributed by atoms with van der Waals surface area (Å²) >= 11 is 0. The number of carbonyl (C=O) groups excluding carboxylic acids is 1. The zero-order chi connectivity index (χ0) is 15.5. The molecule has 0 saturated heterocycles. The summed E-state index contributed by atoms with van der Waals surface area (Å²) in [6, 6.07) is 0.932. The predicted octanol–water partition coefficient (Wildman–Crippen LogP) is 1.39. The van der Waals surface area contributed by atoms with Crippen LogP contribution in [0.4, 0.5) is 8.78 Å². The number of halogens is 2. The molecule has 0 aliphatic carbocycles. The number of nitrogens with two attached hydrogens (primary N) is 1. The first-order valence-corrected chi connectivity index (χ1v) is 7.47. The maximum atomic E-state index is 13.5. The number of carbonyl (C=O) groups is 1. The first-order valence-electron chi connectivity index (χ1n) is 5.93. The van der Waals surface area contributed by atoms with Crippen molar-refractivity contribution in [3.05, 3.63) is 29.3 Å². The molecule has 0 spiro atoms. The Hall–Kier alpha value is -1.54. The Morgan fingerprint density at radius 3 is 2.40 bits per heavy atom. The lowest BCUT2D eigenvalue weighted by Crippen LogP contribution is -2.27. The quantitative estimate of drug-likeness (QED) is 0.861. The van der Waals surface area contributed by atoms with E-state index in [0.717, 1.165) is 0 Å². The Morgan fingerprint density at radius 1 is 1.30 bits per heavy atom. The molecule has 0 saturated carbocycles. The molecule has 0 aliphatic rings. The number of hydrogen-bond donors (Lipinski definition) is 2. The van der Waals surface area contributed by atoms with Crippen molar-refractivity contribution < 1.29 is 22.0 Å². The zero-order valence-corrected chi connectivity index (χ0v) is 11.9. The SMILES string of the molecule is CC(C)CCNC(=O)c1cc(S(N)(=O)=O)c(F)cc1F. The molecule has 5 nitrogen and oxygen atoms in total. The average molecular weight is 306 g/mol. The summed E-state index contributed by atoms with van der Waals surface area (Å²) in [5.41, 5.74) is -0.556. The highest BCUT2D eigenvalue weighted by molar-refractivity contribution is 7.89. The lowest BCUT2D eigenvalue weighted by Gasteiger charge is -2.09. The normalized spacial score (nSPS) is 11.7. The maximum Gasteiger partial charge on any atom is 0.254 e. The van der Waals surface area contributed by atoms with Crippen molar-refractivity contribution in [3.63, 3.8) is 0 Å². The van der Waals surface area contributed by atoms with Gasteiger partial charge in [0.1, 0.15) is 16.5 Å². The van der Waals surface area contributed by atoms with Gasteiger partial charge in [0.2, 0.25) is 10.0 Å². The van der Waals surface area contributed by atoms with Crippen molar-refractivity contribution in [2.24, 2.45) is 11.1 Å². The molecule has 0 radical (unpaired) electrons. The number of rotatable bonds is 5. The van der Waals surface area contributed by atoms with Gasteiger partial charge in [-0.2, -0.15) is 0 Å². The van der Waals surface area contributed by atoms with Gasteiger partial charge < -0.3 is 5.32 Å². The topological polar surface area (TPSA) is 89.3 Å². The van der Waals surface area contributed by atoms with E-state index in [9.17, 15) is 22.0 Å². The Kier molecular flexibility index (Phi) is 5.18. The van der Waals surface area contributed by atoms with Crippen LogP contribution in [0.5, 0.6) is 0 Å². The fourth-order valence-electron chi connectivity index (χ4n) is 1.49. The molecular formula is C12H16F2N2O3S. The molecule has 112 valence electrons. The second-order valence-corrected chi connectivity index (χ2v) is 6.28. The summed E-state index contributed by atoms with van der Waals surface area (Å²) in [5, 5.41) is 7.23. The molecular weight excluding hydrogens is 290 g/mol. The summed E-state index contributed by atoms with van der Waals surface area (Å²) < 4.78 is 49.1. The van der Waals surface area contributed by atoms with Gasteiger partial charge in [-0.05, 0) is 18.4 Å². The fraction of sp³-hybridized carbons (Fsp3) is 0.417. The van der Waals surface area contributed by atoms with Crippen molar-refractivity contribution in [1.82, 2.24) is 5.32 Å². The minimum atomic E-state index is -4.36. The molecule has 1 rings (SSSR count). The van der Waals surface area contributed by atoms with Crippen LogP contribution in [0.2, 0.25) is 0 Å². The Bertz CT molecular complexity index is 615. The third kappa shape index (κ3) is 4.24. The minimum Gasteiger partial charge on any atom is -0.352 e. The van der Waals surface area contributed by atoms with Gasteiger partial charge in [-0.15, -0.1) is 0 Å². The van der Waals surface area contributed by atoms with Crippen molar-refractivity contribution in [2.75, 3.05) is 6.54 Å². The molecule has 20 heavy (non-hydrogen) atoms. The van der Waals surface area contributed by atoms with Crippen LogP contribution >= 0.6 is 0 Å². The standard InChI is InChI=1S/C12H16F2N2O3S/c1-7(2)3-4-16-12(17)8-5-11(20(15,18)19)10(14)6-9(8)13/h5-7H,3-4H2,1-2H3,(H,16,17)(H2,15,18,19). The number of amides is 1. The summed E-state index contributed by atoms with van der Waals surface area (Å²) in [4.78, 5) is 10.8. The summed E-state index contributed by atoms with van der Waals surface area (Å²) in [5.74, 6) is -2.94. The first-order chi connectivity index (χ1) is 9.12. The molecule has 1 aromatic rings. The monoisotopic (exact) mass is 306 g/mol. The molecule has 0 atom stereocenters. The van der Waals surface area contributed by atoms with Crippen LogP contribution < -0.4 is 10.5 Å². The van der Waals surface area contributed by atoms with Gasteiger partial charge in [0.05, 0.1) is 5.56 Å². The van der Waals surface area contributed by atoms with Crippen LogP contribution in [0.25, 0.3) is 0 Å². The van der Waals surface area contributed by atoms with Crippen molar-refractivity contribution in [2.45, 2.75) is 25.2 Å². The summed E-state index contributed by atoms with van der Waals surface area (Å²) in [7, 11) is -4.36. The number of nitrogens with one attached hydrogen (secondary N) is 1. The Labute approximate surface area is 116 Å². The Balaban J connectivity index is 3.04. The average Bonchev–Trinajstić information content (AvgIpc) is 2.26. The number of benzene rings is 1. The van der Waals surface area contributed by atoms with Gasteiger partial charge in [-0.25, -0.2) is 22.3 Å². The summed E-state index contributed by atoms with van der Waals surface area (Å²) in [6.45, 7) is 4.20. The van der Waals surface area contributed by atoms with Gasteiger partial charge in [0.25, 0.3) is 5.91 Å². The lowest BCUT2D eigenvalue weighted by atomic mass is 10.1. The highest BCUT2D eigenvalue weighted by Gasteiger charge is 2.21. The third-order valence-electron chi connectivity index (χ3n) is 2.58. The van der Waals surface area contributed by atoms with Crippen LogP contribution in [0.15, 0.2) is 17.0 Å². The van der Waals surface area contributed by atoms with E-state index < -0.39 is 38.0 Å². The molecule has 0 aromatic heterocycles. The molecule has 3 N–H and O–H groups in total. The lowest BCUT2D eigenvalue weighted by molar-refractivity contribution is 0.0947. The van der Waals surface area contributed by atoms with E-state index in [1.165, 1.54) is 0 Å². The van der Waals surface area contributed by atoms with Crippen LogP contribution in [-0.2, 0) is 10.0 Å². The molecule has 8 heteroatoms. The molecule has 0 heterocycles. The largest absolute Gasteiger partial charge is 0.352 e. The van der Waals surface area contributed by atoms with E-state index >= 15 is 0 Å². The van der Waals surface area contributed by atoms with E-state index in [-0.39, 0.29) is 0 Å². The molecule has 1 aromatic carbocycles. The van der Waals surface area contributed by atoms with E-state index in [1.807, 2.05) is 13.8 Å². The molecule has 1 amide bonds. The number of primary sulfonamides is 1. The van der Waals surface area contributed by atoms with Crippen molar-refractivity contribution in [3.8, 4) is 0 Å². The fourth-order valence-corrected chi connectivity index (χ4v) is 2.10. The molecule has 0 bridgehead atoms. The van der Waals surface area contributed by atoms with Gasteiger partial charge in [0.15, 0.2) is 0 Å².